The van der Waals surface area contributed by atoms with Crippen molar-refractivity contribution >= 4 is 17.3 Å². The summed E-state index contributed by atoms with van der Waals surface area (Å²) >= 11 is 5.48. The van der Waals surface area contributed by atoms with Gasteiger partial charge >= 0.3 is 0 Å². The number of hydrogen-bond donors (Lipinski definition) is 1. The maximum Gasteiger partial charge on any atom is 0.169 e. The van der Waals surface area contributed by atoms with Crippen molar-refractivity contribution in [2.75, 3.05) is 13.1 Å². The van der Waals surface area contributed by atoms with Crippen LogP contribution < -0.4 is 5.32 Å². The molecule has 1 aliphatic carbocycles. The first-order chi connectivity index (χ1) is 7.33. The van der Waals surface area contributed by atoms with E-state index in [0.29, 0.717) is 0 Å². The van der Waals surface area contributed by atoms with E-state index >= 15 is 0 Å². The van der Waals surface area contributed by atoms with Gasteiger partial charge in [0.15, 0.2) is 5.11 Å². The molecular weight excluding hydrogens is 204 g/mol. The van der Waals surface area contributed by atoms with E-state index < -0.39 is 0 Å². The van der Waals surface area contributed by atoms with Crippen molar-refractivity contribution in [1.82, 2.24) is 10.2 Å². The number of nitrogens with one attached hydrogen (secondary N) is 1. The molecule has 2 unspecified atom stereocenters. The van der Waals surface area contributed by atoms with E-state index in [4.69, 9.17) is 12.2 Å². The fourth-order valence-electron chi connectivity index (χ4n) is 3.04. The molecule has 2 rings (SSSR count). The van der Waals surface area contributed by atoms with Gasteiger partial charge in [0.05, 0.1) is 0 Å². The molecule has 15 heavy (non-hydrogen) atoms. The molecule has 2 nitrogen and oxygen atoms in total. The van der Waals surface area contributed by atoms with E-state index in [0.717, 1.165) is 30.0 Å². The smallest absolute Gasteiger partial charge is 0.169 e. The first kappa shape index (κ1) is 11.2. The Labute approximate surface area is 98.4 Å². The molecule has 0 spiro atoms. The maximum absolute atomic E-state index is 5.48. The van der Waals surface area contributed by atoms with E-state index in [2.05, 4.69) is 17.1 Å². The molecule has 0 aromatic heterocycles. The lowest BCUT2D eigenvalue weighted by atomic mass is 9.92. The Balaban J connectivity index is 1.92. The zero-order chi connectivity index (χ0) is 10.7. The zero-order valence-electron chi connectivity index (χ0n) is 9.67. The molecule has 3 heteroatoms. The van der Waals surface area contributed by atoms with Crippen LogP contribution in [0.15, 0.2) is 0 Å². The number of nitrogens with zero attached hydrogens (tertiary/aromatic N) is 1. The Morgan fingerprint density at radius 2 is 2.13 bits per heavy atom. The van der Waals surface area contributed by atoms with Crippen molar-refractivity contribution in [1.29, 1.82) is 0 Å². The van der Waals surface area contributed by atoms with E-state index in [1.165, 1.54) is 38.6 Å². The van der Waals surface area contributed by atoms with E-state index in [1.807, 2.05) is 0 Å². The third-order valence-electron chi connectivity index (χ3n) is 3.78. The predicted molar refractivity (Wildman–Crippen MR) is 68.0 cm³/mol. The van der Waals surface area contributed by atoms with Crippen LogP contribution in [0.2, 0.25) is 0 Å². The summed E-state index contributed by atoms with van der Waals surface area (Å²) in [6.45, 7) is 4.38. The number of piperidine rings is 1. The van der Waals surface area contributed by atoms with E-state index in [1.54, 1.807) is 0 Å². The minimum Gasteiger partial charge on any atom is -0.363 e. The highest BCUT2D eigenvalue weighted by Crippen LogP contribution is 2.36. The Hall–Kier alpha value is -0.310. The number of fused-ring (bicyclic) bond motifs is 1. The highest BCUT2D eigenvalue weighted by molar-refractivity contribution is 7.80. The second kappa shape index (κ2) is 5.15. The Kier molecular flexibility index (Phi) is 3.84. The zero-order valence-corrected chi connectivity index (χ0v) is 10.5. The lowest BCUT2D eigenvalue weighted by Gasteiger charge is -2.39. The summed E-state index contributed by atoms with van der Waals surface area (Å²) in [4.78, 5) is 2.46. The van der Waals surface area contributed by atoms with Crippen LogP contribution in [0.5, 0.6) is 0 Å². The molecule has 1 heterocycles. The first-order valence-electron chi connectivity index (χ1n) is 6.37. The largest absolute Gasteiger partial charge is 0.363 e. The van der Waals surface area contributed by atoms with Crippen LogP contribution in [0.1, 0.15) is 45.4 Å². The van der Waals surface area contributed by atoms with Crippen LogP contribution in [-0.4, -0.2) is 29.1 Å². The van der Waals surface area contributed by atoms with Crippen LogP contribution in [0.3, 0.4) is 0 Å². The molecule has 0 aromatic carbocycles. The molecule has 86 valence electrons. The van der Waals surface area contributed by atoms with Crippen LogP contribution in [0.25, 0.3) is 0 Å². The Bertz CT molecular complexity index is 230. The summed E-state index contributed by atoms with van der Waals surface area (Å²) < 4.78 is 0. The van der Waals surface area contributed by atoms with Gasteiger partial charge in [-0.3, -0.25) is 0 Å². The van der Waals surface area contributed by atoms with Gasteiger partial charge in [-0.15, -0.1) is 0 Å². The molecule has 0 radical (unpaired) electrons. The average Bonchev–Trinajstić information content (AvgIpc) is 2.73. The molecule has 0 amide bonds. The van der Waals surface area contributed by atoms with Crippen molar-refractivity contribution in [3.05, 3.63) is 0 Å². The third-order valence-corrected chi connectivity index (χ3v) is 4.16. The standard InChI is InChI=1S/C12H22N2S/c1-2-8-13-12(15)14-9-4-6-10-5-3-7-11(10)14/h10-11H,2-9H2,1H3,(H,13,15). The summed E-state index contributed by atoms with van der Waals surface area (Å²) in [6.07, 6.45) is 8.10. The fraction of sp³-hybridized carbons (Fsp3) is 0.917. The van der Waals surface area contributed by atoms with Crippen molar-refractivity contribution in [2.24, 2.45) is 5.92 Å². The number of thiocarbonyl (C=S) groups is 1. The molecule has 0 aromatic rings. The van der Waals surface area contributed by atoms with Crippen molar-refractivity contribution in [2.45, 2.75) is 51.5 Å². The minimum atomic E-state index is 0.760. The van der Waals surface area contributed by atoms with Crippen molar-refractivity contribution in [3.63, 3.8) is 0 Å². The number of hydrogen-bond acceptors (Lipinski definition) is 1. The van der Waals surface area contributed by atoms with Gasteiger partial charge in [0, 0.05) is 19.1 Å². The average molecular weight is 226 g/mol. The summed E-state index contributed by atoms with van der Waals surface area (Å²) in [6, 6.07) is 0.760. The molecule has 0 bridgehead atoms. The number of likely N-dealkylation sites (tertiary alicyclic amines) is 1. The number of rotatable bonds is 2. The summed E-state index contributed by atoms with van der Waals surface area (Å²) in [5.41, 5.74) is 0. The van der Waals surface area contributed by atoms with E-state index in [9.17, 15) is 0 Å². The Morgan fingerprint density at radius 1 is 1.33 bits per heavy atom. The molecule has 1 saturated heterocycles. The van der Waals surface area contributed by atoms with Crippen molar-refractivity contribution < 1.29 is 0 Å². The van der Waals surface area contributed by atoms with Gasteiger partial charge in [-0.2, -0.15) is 0 Å². The first-order valence-corrected chi connectivity index (χ1v) is 6.78. The second-order valence-corrected chi connectivity index (χ2v) is 5.21. The molecule has 2 atom stereocenters. The second-order valence-electron chi connectivity index (χ2n) is 4.83. The van der Waals surface area contributed by atoms with Gasteiger partial charge < -0.3 is 10.2 Å². The molecule has 1 aliphatic heterocycles. The van der Waals surface area contributed by atoms with Gasteiger partial charge in [-0.25, -0.2) is 0 Å². The molecule has 2 aliphatic rings. The molecular formula is C12H22N2S. The Morgan fingerprint density at radius 3 is 2.93 bits per heavy atom. The van der Waals surface area contributed by atoms with Crippen LogP contribution in [0, 0.1) is 5.92 Å². The summed E-state index contributed by atoms with van der Waals surface area (Å²) in [5.74, 6) is 0.931. The molecule has 1 N–H and O–H groups in total. The summed E-state index contributed by atoms with van der Waals surface area (Å²) in [7, 11) is 0. The fourth-order valence-corrected chi connectivity index (χ4v) is 3.37. The lowest BCUT2D eigenvalue weighted by molar-refractivity contribution is 0.189. The van der Waals surface area contributed by atoms with Gasteiger partial charge in [-0.05, 0) is 50.2 Å². The van der Waals surface area contributed by atoms with Gasteiger partial charge in [0.1, 0.15) is 0 Å². The normalized spacial score (nSPS) is 30.1. The van der Waals surface area contributed by atoms with Crippen LogP contribution in [-0.2, 0) is 0 Å². The van der Waals surface area contributed by atoms with Crippen LogP contribution in [0.4, 0.5) is 0 Å². The third kappa shape index (κ3) is 2.44. The van der Waals surface area contributed by atoms with Gasteiger partial charge in [0.25, 0.3) is 0 Å². The minimum absolute atomic E-state index is 0.760. The quantitative estimate of drug-likeness (QED) is 0.729. The van der Waals surface area contributed by atoms with Crippen molar-refractivity contribution in [3.8, 4) is 0 Å². The van der Waals surface area contributed by atoms with Gasteiger partial charge in [-0.1, -0.05) is 13.3 Å². The highest BCUT2D eigenvalue weighted by atomic mass is 32.1. The van der Waals surface area contributed by atoms with Gasteiger partial charge in [0.2, 0.25) is 0 Å². The molecule has 2 fully saturated rings. The van der Waals surface area contributed by atoms with E-state index in [-0.39, 0.29) is 0 Å². The maximum atomic E-state index is 5.48. The predicted octanol–water partition coefficient (Wildman–Crippen LogP) is 2.54. The topological polar surface area (TPSA) is 15.3 Å². The molecule has 1 saturated carbocycles. The lowest BCUT2D eigenvalue weighted by Crippen LogP contribution is -2.50. The monoisotopic (exact) mass is 226 g/mol. The highest BCUT2D eigenvalue weighted by Gasteiger charge is 2.35. The summed E-state index contributed by atoms with van der Waals surface area (Å²) in [5, 5.41) is 4.38. The van der Waals surface area contributed by atoms with Crippen LogP contribution >= 0.6 is 12.2 Å². The SMILES string of the molecule is CCCNC(=S)N1CCCC2CCCC21.